The Morgan fingerprint density at radius 2 is 2.19 bits per heavy atom. The van der Waals surface area contributed by atoms with Crippen LogP contribution in [0, 0.1) is 0 Å². The van der Waals surface area contributed by atoms with Crippen molar-refractivity contribution in [1.29, 1.82) is 0 Å². The topological polar surface area (TPSA) is 41.0 Å². The predicted octanol–water partition coefficient (Wildman–Crippen LogP) is 2.99. The summed E-state index contributed by atoms with van der Waals surface area (Å²) in [6, 6.07) is 9.42. The van der Waals surface area contributed by atoms with Crippen molar-refractivity contribution in [2.45, 2.75) is 45.2 Å². The van der Waals surface area contributed by atoms with Crippen molar-refractivity contribution in [2.24, 2.45) is 0 Å². The Morgan fingerprint density at radius 3 is 3.05 bits per heavy atom. The zero-order valence-corrected chi connectivity index (χ0v) is 12.9. The average Bonchev–Trinajstić information content (AvgIpc) is 2.95. The summed E-state index contributed by atoms with van der Waals surface area (Å²) >= 11 is 0. The van der Waals surface area contributed by atoms with Crippen molar-refractivity contribution in [1.82, 2.24) is 15.3 Å². The summed E-state index contributed by atoms with van der Waals surface area (Å²) < 4.78 is 0. The number of aromatic nitrogens is 2. The van der Waals surface area contributed by atoms with Gasteiger partial charge in [0.25, 0.3) is 0 Å². The van der Waals surface area contributed by atoms with Crippen LogP contribution < -0.4 is 10.2 Å². The third kappa shape index (κ3) is 3.16. The van der Waals surface area contributed by atoms with Crippen LogP contribution in [0.3, 0.4) is 0 Å². The zero-order chi connectivity index (χ0) is 14.7. The second-order valence-electron chi connectivity index (χ2n) is 6.00. The van der Waals surface area contributed by atoms with Crippen molar-refractivity contribution in [3.63, 3.8) is 0 Å². The molecular formula is C17H24N4. The fourth-order valence-electron chi connectivity index (χ4n) is 3.25. The summed E-state index contributed by atoms with van der Waals surface area (Å²) in [4.78, 5) is 11.3. The lowest BCUT2D eigenvalue weighted by molar-refractivity contribution is 0.444. The van der Waals surface area contributed by atoms with Crippen molar-refractivity contribution < 1.29 is 0 Å². The molecule has 1 fully saturated rings. The molecule has 0 saturated carbocycles. The molecule has 2 heterocycles. The SMILES string of the molecule is CCCC(C)NC1CCN(c2ncnc3ccccc23)C1. The van der Waals surface area contributed by atoms with Gasteiger partial charge in [-0.25, -0.2) is 9.97 Å². The van der Waals surface area contributed by atoms with Gasteiger partial charge in [0.15, 0.2) is 0 Å². The van der Waals surface area contributed by atoms with Gasteiger partial charge in [0.1, 0.15) is 12.1 Å². The zero-order valence-electron chi connectivity index (χ0n) is 12.9. The Kier molecular flexibility index (Phi) is 4.34. The van der Waals surface area contributed by atoms with E-state index in [9.17, 15) is 0 Å². The van der Waals surface area contributed by atoms with Gasteiger partial charge in [0.05, 0.1) is 5.52 Å². The summed E-state index contributed by atoms with van der Waals surface area (Å²) in [7, 11) is 0. The number of benzene rings is 1. The fourth-order valence-corrected chi connectivity index (χ4v) is 3.25. The van der Waals surface area contributed by atoms with Crippen molar-refractivity contribution in [3.05, 3.63) is 30.6 Å². The van der Waals surface area contributed by atoms with E-state index in [1.54, 1.807) is 6.33 Å². The van der Waals surface area contributed by atoms with Gasteiger partial charge in [-0.1, -0.05) is 25.5 Å². The largest absolute Gasteiger partial charge is 0.354 e. The molecule has 1 N–H and O–H groups in total. The molecule has 1 saturated heterocycles. The van der Waals surface area contributed by atoms with E-state index in [-0.39, 0.29) is 0 Å². The van der Waals surface area contributed by atoms with Crippen LogP contribution >= 0.6 is 0 Å². The summed E-state index contributed by atoms with van der Waals surface area (Å²) in [6.45, 7) is 6.63. The van der Waals surface area contributed by atoms with Crippen LogP contribution in [0.25, 0.3) is 10.9 Å². The maximum atomic E-state index is 4.53. The van der Waals surface area contributed by atoms with E-state index in [2.05, 4.69) is 52.2 Å². The fraction of sp³-hybridized carbons (Fsp3) is 0.529. The first-order valence-corrected chi connectivity index (χ1v) is 7.98. The molecule has 1 aliphatic heterocycles. The third-order valence-electron chi connectivity index (χ3n) is 4.25. The van der Waals surface area contributed by atoms with Crippen LogP contribution in [-0.4, -0.2) is 35.1 Å². The Balaban J connectivity index is 1.73. The van der Waals surface area contributed by atoms with Gasteiger partial charge in [-0.05, 0) is 31.9 Å². The second-order valence-corrected chi connectivity index (χ2v) is 6.00. The number of nitrogens with zero attached hydrogens (tertiary/aromatic N) is 3. The Hall–Kier alpha value is -1.68. The number of anilines is 1. The molecule has 1 aromatic carbocycles. The number of fused-ring (bicyclic) bond motifs is 1. The highest BCUT2D eigenvalue weighted by atomic mass is 15.2. The van der Waals surface area contributed by atoms with E-state index in [4.69, 9.17) is 0 Å². The van der Waals surface area contributed by atoms with Gasteiger partial charge in [-0.15, -0.1) is 0 Å². The summed E-state index contributed by atoms with van der Waals surface area (Å²) in [5, 5.41) is 4.90. The molecule has 112 valence electrons. The normalized spacial score (nSPS) is 20.1. The lowest BCUT2D eigenvalue weighted by atomic mass is 10.1. The Bertz CT molecular complexity index is 593. The van der Waals surface area contributed by atoms with E-state index >= 15 is 0 Å². The molecule has 1 aliphatic rings. The predicted molar refractivity (Wildman–Crippen MR) is 87.7 cm³/mol. The van der Waals surface area contributed by atoms with Crippen LogP contribution in [0.4, 0.5) is 5.82 Å². The molecule has 0 bridgehead atoms. The summed E-state index contributed by atoms with van der Waals surface area (Å²) in [5.41, 5.74) is 1.03. The first-order valence-electron chi connectivity index (χ1n) is 7.98. The van der Waals surface area contributed by atoms with E-state index < -0.39 is 0 Å². The quantitative estimate of drug-likeness (QED) is 0.916. The molecule has 0 spiro atoms. The monoisotopic (exact) mass is 284 g/mol. The maximum Gasteiger partial charge on any atom is 0.139 e. The van der Waals surface area contributed by atoms with Crippen LogP contribution in [0.1, 0.15) is 33.1 Å². The molecule has 3 rings (SSSR count). The van der Waals surface area contributed by atoms with E-state index in [0.29, 0.717) is 12.1 Å². The molecule has 4 nitrogen and oxygen atoms in total. The highest BCUT2D eigenvalue weighted by Gasteiger charge is 2.25. The van der Waals surface area contributed by atoms with Crippen molar-refractivity contribution >= 4 is 16.7 Å². The molecule has 21 heavy (non-hydrogen) atoms. The van der Waals surface area contributed by atoms with Crippen molar-refractivity contribution in [2.75, 3.05) is 18.0 Å². The minimum atomic E-state index is 0.570. The number of hydrogen-bond donors (Lipinski definition) is 1. The van der Waals surface area contributed by atoms with E-state index in [0.717, 1.165) is 29.8 Å². The molecule has 4 heteroatoms. The molecule has 1 aromatic heterocycles. The Morgan fingerprint density at radius 1 is 1.33 bits per heavy atom. The van der Waals surface area contributed by atoms with Crippen molar-refractivity contribution in [3.8, 4) is 0 Å². The van der Waals surface area contributed by atoms with Gasteiger partial charge < -0.3 is 10.2 Å². The Labute approximate surface area is 126 Å². The van der Waals surface area contributed by atoms with Gasteiger partial charge in [-0.3, -0.25) is 0 Å². The molecule has 0 amide bonds. The van der Waals surface area contributed by atoms with Gasteiger partial charge in [0.2, 0.25) is 0 Å². The summed E-state index contributed by atoms with van der Waals surface area (Å²) in [6.07, 6.45) is 5.35. The van der Waals surface area contributed by atoms with Crippen LogP contribution in [0.15, 0.2) is 30.6 Å². The summed E-state index contributed by atoms with van der Waals surface area (Å²) in [5.74, 6) is 1.08. The number of rotatable bonds is 5. The molecule has 0 aliphatic carbocycles. The van der Waals surface area contributed by atoms with Crippen LogP contribution in [0.2, 0.25) is 0 Å². The first kappa shape index (κ1) is 14.3. The van der Waals surface area contributed by atoms with Gasteiger partial charge in [-0.2, -0.15) is 0 Å². The lowest BCUT2D eigenvalue weighted by Crippen LogP contribution is -2.38. The lowest BCUT2D eigenvalue weighted by Gasteiger charge is -2.21. The minimum Gasteiger partial charge on any atom is -0.354 e. The highest BCUT2D eigenvalue weighted by molar-refractivity contribution is 5.89. The maximum absolute atomic E-state index is 4.53. The van der Waals surface area contributed by atoms with E-state index in [1.807, 2.05) is 6.07 Å². The molecule has 0 radical (unpaired) electrons. The van der Waals surface area contributed by atoms with Crippen LogP contribution in [0.5, 0.6) is 0 Å². The minimum absolute atomic E-state index is 0.570. The van der Waals surface area contributed by atoms with E-state index in [1.165, 1.54) is 19.3 Å². The first-order chi connectivity index (χ1) is 10.3. The smallest absolute Gasteiger partial charge is 0.139 e. The number of hydrogen-bond acceptors (Lipinski definition) is 4. The number of para-hydroxylation sites is 1. The second kappa shape index (κ2) is 6.39. The van der Waals surface area contributed by atoms with Crippen LogP contribution in [-0.2, 0) is 0 Å². The van der Waals surface area contributed by atoms with Gasteiger partial charge in [0, 0.05) is 30.6 Å². The number of nitrogens with one attached hydrogen (secondary N) is 1. The molecular weight excluding hydrogens is 260 g/mol. The third-order valence-corrected chi connectivity index (χ3v) is 4.25. The molecule has 2 unspecified atom stereocenters. The highest BCUT2D eigenvalue weighted by Crippen LogP contribution is 2.25. The molecule has 2 atom stereocenters. The standard InChI is InChI=1S/C17H24N4/c1-3-6-13(2)20-14-9-10-21(11-14)17-15-7-4-5-8-16(15)18-12-19-17/h4-5,7-8,12-14,20H,3,6,9-11H2,1-2H3. The average molecular weight is 284 g/mol. The van der Waals surface area contributed by atoms with Gasteiger partial charge >= 0.3 is 0 Å². The molecule has 2 aromatic rings.